The number of rotatable bonds is 10. The van der Waals surface area contributed by atoms with Gasteiger partial charge in [0.1, 0.15) is 0 Å². The molecule has 0 fully saturated rings. The first-order valence-electron chi connectivity index (χ1n) is 10.8. The van der Waals surface area contributed by atoms with Crippen LogP contribution < -0.4 is 0 Å². The van der Waals surface area contributed by atoms with Gasteiger partial charge in [0.2, 0.25) is 0 Å². The number of unbranched alkanes of at least 4 members (excludes halogenated alkanes) is 3. The Morgan fingerprint density at radius 1 is 0.792 bits per heavy atom. The Morgan fingerprint density at radius 3 is 1.42 bits per heavy atom. The van der Waals surface area contributed by atoms with Gasteiger partial charge in [-0.2, -0.15) is 0 Å². The van der Waals surface area contributed by atoms with Crippen LogP contribution in [0.4, 0.5) is 0 Å². The predicted molar refractivity (Wildman–Crippen MR) is 116 cm³/mol. The monoisotopic (exact) mass is 386 g/mol. The molecular weight excluding hydrogens is 339 g/mol. The molecule has 2 heteroatoms. The molecule has 0 bridgehead atoms. The Kier molecular flexibility index (Phi) is 10.5. The Hall–Kier alpha value is 0.727. The molecule has 0 aliphatic heterocycles. The van der Waals surface area contributed by atoms with Crippen LogP contribution in [-0.2, 0) is 14.0 Å². The first-order valence-corrected chi connectivity index (χ1v) is 21.9. The molecule has 1 rings (SSSR count). The van der Waals surface area contributed by atoms with Crippen molar-refractivity contribution in [1.82, 2.24) is 0 Å². The van der Waals surface area contributed by atoms with Crippen molar-refractivity contribution in [2.75, 3.05) is 0 Å². The summed E-state index contributed by atoms with van der Waals surface area (Å²) in [4.78, 5) is 0. The maximum absolute atomic E-state index is 2.61. The van der Waals surface area contributed by atoms with Gasteiger partial charge in [0.15, 0.2) is 0 Å². The van der Waals surface area contributed by atoms with E-state index >= 15 is 0 Å². The predicted octanol–water partition coefficient (Wildman–Crippen LogP) is 9.18. The van der Waals surface area contributed by atoms with Crippen LogP contribution in [0.1, 0.15) is 65.7 Å². The third kappa shape index (κ3) is 12.1. The van der Waals surface area contributed by atoms with Gasteiger partial charge in [-0.1, -0.05) is 75.1 Å². The van der Waals surface area contributed by atoms with Crippen LogP contribution in [0, 0.1) is 0 Å². The van der Waals surface area contributed by atoms with Crippen LogP contribution in [-0.4, -0.2) is 14.1 Å². The molecule has 0 spiro atoms. The van der Waals surface area contributed by atoms with Crippen molar-refractivity contribution >= 4 is 14.1 Å². The minimum absolute atomic E-state index is 0.287. The summed E-state index contributed by atoms with van der Waals surface area (Å²) in [7, 11) is 0. The summed E-state index contributed by atoms with van der Waals surface area (Å²) in [6.07, 6.45) is 16.7. The van der Waals surface area contributed by atoms with Gasteiger partial charge >= 0.3 is 68.7 Å². The Labute approximate surface area is 157 Å². The third-order valence-electron chi connectivity index (χ3n) is 5.27. The van der Waals surface area contributed by atoms with Gasteiger partial charge in [0.25, 0.3) is 14.1 Å². The molecular formula is C22H47AlTi. The van der Waals surface area contributed by atoms with Crippen LogP contribution >= 0.6 is 0 Å². The molecule has 0 unspecified atom stereocenters. The molecule has 0 aromatic rings. The average molecular weight is 386 g/mol. The van der Waals surface area contributed by atoms with E-state index < -0.39 is 14.0 Å². The van der Waals surface area contributed by atoms with Crippen LogP contribution in [0.2, 0.25) is 42.0 Å². The van der Waals surface area contributed by atoms with Crippen molar-refractivity contribution in [3.05, 3.63) is 22.1 Å². The van der Waals surface area contributed by atoms with E-state index in [9.17, 15) is 0 Å². The SMILES string of the molecule is CCC[CH2][Al]([CH2]CCC)[CH2]CCC.[CH3][Ti]([CH3])([CH3])([CH3])([CH3])[C]1=CC=CC1. The topological polar surface area (TPSA) is 0 Å². The van der Waals surface area contributed by atoms with E-state index in [1.54, 1.807) is 19.7 Å². The van der Waals surface area contributed by atoms with Gasteiger partial charge in [-0.05, 0) is 0 Å². The van der Waals surface area contributed by atoms with Crippen LogP contribution in [0.5, 0.6) is 0 Å². The zero-order valence-electron chi connectivity index (χ0n) is 18.4. The van der Waals surface area contributed by atoms with E-state index in [1.165, 1.54) is 44.9 Å². The van der Waals surface area contributed by atoms with Crippen LogP contribution in [0.25, 0.3) is 0 Å². The van der Waals surface area contributed by atoms with Crippen molar-refractivity contribution in [3.8, 4) is 0 Å². The van der Waals surface area contributed by atoms with Gasteiger partial charge < -0.3 is 0 Å². The summed E-state index contributed by atoms with van der Waals surface area (Å²) in [5, 5.41) is 17.3. The summed E-state index contributed by atoms with van der Waals surface area (Å²) >= 11 is -2.89. The standard InChI is InChI=1S/C5H5.3C4H9.5CH3.Al.Ti/c1-2-4-5-3-1;3*1-3-4-2;;;;;;;/h1-3H,4H2;3*1,3-4H2,2H3;5*1H3;;. The first-order chi connectivity index (χ1) is 10.9. The molecule has 0 atom stereocenters. The summed E-state index contributed by atoms with van der Waals surface area (Å²) in [6.45, 7) is 6.97. The number of allylic oxidation sites excluding steroid dienone is 4. The molecule has 0 aromatic heterocycles. The fourth-order valence-electron chi connectivity index (χ4n) is 3.29. The number of hydrogen-bond acceptors (Lipinski definition) is 0. The van der Waals surface area contributed by atoms with E-state index in [0.29, 0.717) is 0 Å². The summed E-state index contributed by atoms with van der Waals surface area (Å²) in [5.41, 5.74) is 0. The molecule has 0 saturated carbocycles. The molecule has 1 aliphatic rings. The van der Waals surface area contributed by atoms with Crippen LogP contribution in [0.3, 0.4) is 0 Å². The van der Waals surface area contributed by atoms with Crippen molar-refractivity contribution in [3.63, 3.8) is 0 Å². The minimum atomic E-state index is -2.61. The maximum atomic E-state index is 2.48. The van der Waals surface area contributed by atoms with Crippen LogP contribution in [0.15, 0.2) is 22.1 Å². The summed E-state index contributed by atoms with van der Waals surface area (Å²) in [5.74, 6) is 0. The van der Waals surface area contributed by atoms with E-state index in [1.807, 2.05) is 0 Å². The van der Waals surface area contributed by atoms with Gasteiger partial charge in [-0.15, -0.1) is 0 Å². The Balaban J connectivity index is 0.000000446. The average Bonchev–Trinajstić information content (AvgIpc) is 3.01. The fraction of sp³-hybridized carbons (Fsp3) is 0.818. The van der Waals surface area contributed by atoms with E-state index in [4.69, 9.17) is 0 Å². The molecule has 24 heavy (non-hydrogen) atoms. The second-order valence-corrected chi connectivity index (χ2v) is 35.9. The molecule has 1 aliphatic carbocycles. The second kappa shape index (κ2) is 10.2. The third-order valence-corrected chi connectivity index (χ3v) is 14.5. The van der Waals surface area contributed by atoms with E-state index in [2.05, 4.69) is 65.1 Å². The Morgan fingerprint density at radius 2 is 1.21 bits per heavy atom. The molecule has 0 heterocycles. The fourth-order valence-corrected chi connectivity index (χ4v) is 10.3. The zero-order valence-corrected chi connectivity index (χ0v) is 21.1. The molecule has 0 saturated heterocycles. The van der Waals surface area contributed by atoms with Gasteiger partial charge in [0.05, 0.1) is 0 Å². The molecule has 0 nitrogen and oxygen atoms in total. The van der Waals surface area contributed by atoms with E-state index in [0.717, 1.165) is 0 Å². The normalized spacial score (nSPS) is 16.8. The quantitative estimate of drug-likeness (QED) is 0.328. The van der Waals surface area contributed by atoms with E-state index in [-0.39, 0.29) is 14.1 Å². The number of hydrogen-bond donors (Lipinski definition) is 0. The van der Waals surface area contributed by atoms with Gasteiger partial charge in [-0.25, -0.2) is 0 Å². The zero-order chi connectivity index (χ0) is 18.8. The van der Waals surface area contributed by atoms with Gasteiger partial charge in [0, 0.05) is 0 Å². The van der Waals surface area contributed by atoms with Crippen molar-refractivity contribution in [1.29, 1.82) is 0 Å². The van der Waals surface area contributed by atoms with Crippen molar-refractivity contribution in [2.24, 2.45) is 0 Å². The first kappa shape index (κ1) is 24.7. The van der Waals surface area contributed by atoms with Crippen molar-refractivity contribution < 1.29 is 14.0 Å². The van der Waals surface area contributed by atoms with Crippen molar-refractivity contribution in [2.45, 2.75) is 108 Å². The summed E-state index contributed by atoms with van der Waals surface area (Å²) in [6, 6.07) is 0. The molecule has 0 radical (unpaired) electrons. The van der Waals surface area contributed by atoms with Gasteiger partial charge in [-0.3, -0.25) is 0 Å². The second-order valence-electron chi connectivity index (χ2n) is 11.9. The molecule has 0 amide bonds. The summed E-state index contributed by atoms with van der Waals surface area (Å²) < 4.78 is 1.70. The molecule has 0 N–H and O–H groups in total. The molecule has 0 aromatic carbocycles. The molecule has 142 valence electrons. The Bertz CT molecular complexity index is 377.